The third-order valence-electron chi connectivity index (χ3n) is 4.29. The number of nitrogens with one attached hydrogen (secondary N) is 2. The van der Waals surface area contributed by atoms with Crippen LogP contribution in [0.15, 0.2) is 48.5 Å². The van der Waals surface area contributed by atoms with Crippen LogP contribution in [0.1, 0.15) is 40.9 Å². The van der Waals surface area contributed by atoms with Crippen LogP contribution < -0.4 is 10.6 Å². The molecule has 0 aliphatic heterocycles. The minimum Gasteiger partial charge on any atom is -0.343 e. The maximum atomic E-state index is 12.7. The fourth-order valence-corrected chi connectivity index (χ4v) is 2.71. The van der Waals surface area contributed by atoms with Crippen molar-refractivity contribution in [2.24, 2.45) is 5.92 Å². The Labute approximate surface area is 173 Å². The van der Waals surface area contributed by atoms with E-state index in [1.807, 2.05) is 13.0 Å². The van der Waals surface area contributed by atoms with Crippen molar-refractivity contribution < 1.29 is 22.8 Å². The molecular formula is C23H23F3N2O2. The molecular weight excluding hydrogens is 393 g/mol. The number of alkyl halides is 3. The Balaban J connectivity index is 1.98. The zero-order valence-electron chi connectivity index (χ0n) is 16.9. The summed E-state index contributed by atoms with van der Waals surface area (Å²) >= 11 is 0. The molecule has 0 aliphatic carbocycles. The molecule has 7 heteroatoms. The first-order chi connectivity index (χ1) is 14.1. The largest absolute Gasteiger partial charge is 0.416 e. The van der Waals surface area contributed by atoms with Gasteiger partial charge in [0, 0.05) is 11.1 Å². The molecule has 0 saturated carbocycles. The van der Waals surface area contributed by atoms with Gasteiger partial charge in [0.15, 0.2) is 0 Å². The van der Waals surface area contributed by atoms with Gasteiger partial charge < -0.3 is 10.6 Å². The van der Waals surface area contributed by atoms with Crippen molar-refractivity contribution in [1.29, 1.82) is 0 Å². The summed E-state index contributed by atoms with van der Waals surface area (Å²) < 4.78 is 38.2. The van der Waals surface area contributed by atoms with E-state index in [9.17, 15) is 22.8 Å². The zero-order valence-corrected chi connectivity index (χ0v) is 16.9. The van der Waals surface area contributed by atoms with Crippen molar-refractivity contribution in [1.82, 2.24) is 10.6 Å². The lowest BCUT2D eigenvalue weighted by atomic mass is 10.0. The van der Waals surface area contributed by atoms with Gasteiger partial charge in [0.2, 0.25) is 5.91 Å². The molecule has 0 radical (unpaired) electrons. The van der Waals surface area contributed by atoms with E-state index in [-0.39, 0.29) is 23.9 Å². The van der Waals surface area contributed by atoms with Crippen LogP contribution in [0.3, 0.4) is 0 Å². The predicted octanol–water partition coefficient (Wildman–Crippen LogP) is 3.94. The van der Waals surface area contributed by atoms with Crippen LogP contribution in [0.2, 0.25) is 0 Å². The summed E-state index contributed by atoms with van der Waals surface area (Å²) in [7, 11) is 0. The lowest BCUT2D eigenvalue weighted by molar-refractivity contribution is -0.137. The predicted molar refractivity (Wildman–Crippen MR) is 109 cm³/mol. The number of halogens is 3. The van der Waals surface area contributed by atoms with Gasteiger partial charge in [-0.1, -0.05) is 49.5 Å². The van der Waals surface area contributed by atoms with Crippen molar-refractivity contribution in [2.45, 2.75) is 33.0 Å². The van der Waals surface area contributed by atoms with Crippen LogP contribution >= 0.6 is 0 Å². The molecule has 1 atom stereocenters. The second-order valence-corrected chi connectivity index (χ2v) is 7.16. The second-order valence-electron chi connectivity index (χ2n) is 7.16. The third kappa shape index (κ3) is 6.66. The molecule has 0 spiro atoms. The maximum Gasteiger partial charge on any atom is 0.416 e. The highest BCUT2D eigenvalue weighted by Crippen LogP contribution is 2.29. The Morgan fingerprint density at radius 1 is 1.07 bits per heavy atom. The van der Waals surface area contributed by atoms with E-state index < -0.39 is 23.7 Å². The molecule has 0 saturated heterocycles. The molecule has 30 heavy (non-hydrogen) atoms. The number of hydrogen-bond donors (Lipinski definition) is 2. The van der Waals surface area contributed by atoms with E-state index in [1.54, 1.807) is 32.0 Å². The number of benzene rings is 2. The Morgan fingerprint density at radius 2 is 1.77 bits per heavy atom. The molecule has 0 aromatic heterocycles. The topological polar surface area (TPSA) is 58.2 Å². The first kappa shape index (κ1) is 23.0. The molecule has 2 rings (SSSR count). The van der Waals surface area contributed by atoms with Gasteiger partial charge in [-0.3, -0.25) is 9.59 Å². The van der Waals surface area contributed by atoms with Gasteiger partial charge in [-0.05, 0) is 43.2 Å². The minimum absolute atomic E-state index is 0.0569. The van der Waals surface area contributed by atoms with Crippen LogP contribution in [-0.4, -0.2) is 24.4 Å². The first-order valence-corrected chi connectivity index (χ1v) is 9.39. The Hall–Kier alpha value is -3.27. The molecule has 2 aromatic carbocycles. The van der Waals surface area contributed by atoms with Gasteiger partial charge in [-0.15, -0.1) is 0 Å². The quantitative estimate of drug-likeness (QED) is 0.726. The zero-order chi connectivity index (χ0) is 22.3. The SMILES string of the molecule is Cc1cccc(C(=O)NC(C(=O)NCC#Cc2cccc(C(F)(F)F)c2)C(C)C)c1. The average molecular weight is 416 g/mol. The number of carbonyl (C=O) groups excluding carboxylic acids is 2. The summed E-state index contributed by atoms with van der Waals surface area (Å²) in [6.07, 6.45) is -4.44. The smallest absolute Gasteiger partial charge is 0.343 e. The summed E-state index contributed by atoms with van der Waals surface area (Å²) in [5.74, 6) is 4.29. The molecule has 0 aliphatic rings. The highest BCUT2D eigenvalue weighted by atomic mass is 19.4. The van der Waals surface area contributed by atoms with Crippen molar-refractivity contribution >= 4 is 11.8 Å². The minimum atomic E-state index is -4.44. The van der Waals surface area contributed by atoms with Crippen molar-refractivity contribution in [3.8, 4) is 11.8 Å². The van der Waals surface area contributed by atoms with E-state index in [4.69, 9.17) is 0 Å². The van der Waals surface area contributed by atoms with Crippen LogP contribution in [0.25, 0.3) is 0 Å². The van der Waals surface area contributed by atoms with Gasteiger partial charge in [0.25, 0.3) is 5.91 Å². The van der Waals surface area contributed by atoms with Crippen molar-refractivity contribution in [3.63, 3.8) is 0 Å². The fraction of sp³-hybridized carbons (Fsp3) is 0.304. The van der Waals surface area contributed by atoms with E-state index in [1.165, 1.54) is 12.1 Å². The van der Waals surface area contributed by atoms with Crippen LogP contribution in [-0.2, 0) is 11.0 Å². The summed E-state index contributed by atoms with van der Waals surface area (Å²) in [6, 6.07) is 10.9. The third-order valence-corrected chi connectivity index (χ3v) is 4.29. The van der Waals surface area contributed by atoms with E-state index in [0.29, 0.717) is 5.56 Å². The Morgan fingerprint density at radius 3 is 2.40 bits per heavy atom. The van der Waals surface area contributed by atoms with Crippen LogP contribution in [0.4, 0.5) is 13.2 Å². The molecule has 4 nitrogen and oxygen atoms in total. The van der Waals surface area contributed by atoms with E-state index in [0.717, 1.165) is 17.7 Å². The normalized spacial score (nSPS) is 12.0. The summed E-state index contributed by atoms with van der Waals surface area (Å²) in [4.78, 5) is 24.9. The standard InChI is InChI=1S/C23H23F3N2O2/c1-15(2)20(28-21(29)18-10-4-7-16(3)13-18)22(30)27-12-6-9-17-8-5-11-19(14-17)23(24,25)26/h4-5,7-8,10-11,13-15,20H,12H2,1-3H3,(H,27,30)(H,28,29). The maximum absolute atomic E-state index is 12.7. The lowest BCUT2D eigenvalue weighted by Crippen LogP contribution is -2.49. The van der Waals surface area contributed by atoms with E-state index in [2.05, 4.69) is 22.5 Å². The average Bonchev–Trinajstić information content (AvgIpc) is 2.68. The summed E-state index contributed by atoms with van der Waals surface area (Å²) in [6.45, 7) is 5.41. The highest BCUT2D eigenvalue weighted by Gasteiger charge is 2.30. The van der Waals surface area contributed by atoms with Gasteiger partial charge in [0.1, 0.15) is 6.04 Å². The molecule has 2 aromatic rings. The molecule has 2 amide bonds. The Bertz CT molecular complexity index is 972. The van der Waals surface area contributed by atoms with Crippen LogP contribution in [0.5, 0.6) is 0 Å². The van der Waals surface area contributed by atoms with Crippen LogP contribution in [0, 0.1) is 24.7 Å². The first-order valence-electron chi connectivity index (χ1n) is 9.39. The van der Waals surface area contributed by atoms with Gasteiger partial charge >= 0.3 is 6.18 Å². The number of aryl methyl sites for hydroxylation is 1. The van der Waals surface area contributed by atoms with Gasteiger partial charge in [0.05, 0.1) is 12.1 Å². The molecule has 2 N–H and O–H groups in total. The monoisotopic (exact) mass is 416 g/mol. The molecule has 158 valence electrons. The Kier molecular flexibility index (Phi) is 7.65. The second kappa shape index (κ2) is 9.97. The highest BCUT2D eigenvalue weighted by molar-refractivity contribution is 5.97. The fourth-order valence-electron chi connectivity index (χ4n) is 2.71. The number of rotatable bonds is 5. The molecule has 1 unspecified atom stereocenters. The van der Waals surface area contributed by atoms with Gasteiger partial charge in [-0.2, -0.15) is 13.2 Å². The van der Waals surface area contributed by atoms with Crippen molar-refractivity contribution in [2.75, 3.05) is 6.54 Å². The molecule has 0 bridgehead atoms. The summed E-state index contributed by atoms with van der Waals surface area (Å²) in [5.41, 5.74) is 0.806. The van der Waals surface area contributed by atoms with Crippen molar-refractivity contribution in [3.05, 3.63) is 70.8 Å². The number of carbonyl (C=O) groups is 2. The number of amides is 2. The lowest BCUT2D eigenvalue weighted by Gasteiger charge is -2.21. The molecule has 0 fully saturated rings. The van der Waals surface area contributed by atoms with E-state index >= 15 is 0 Å². The summed E-state index contributed by atoms with van der Waals surface area (Å²) in [5, 5.41) is 5.32. The number of hydrogen-bond acceptors (Lipinski definition) is 2. The van der Waals surface area contributed by atoms with Gasteiger partial charge in [-0.25, -0.2) is 0 Å². The molecule has 0 heterocycles.